The Morgan fingerprint density at radius 1 is 1.10 bits per heavy atom. The minimum atomic E-state index is -3.74. The fourth-order valence-corrected chi connectivity index (χ4v) is 5.01. The maximum absolute atomic E-state index is 12.5. The highest BCUT2D eigenvalue weighted by molar-refractivity contribution is 7.93. The van der Waals surface area contributed by atoms with Gasteiger partial charge in [-0.15, -0.1) is 11.3 Å². The molecule has 31 heavy (non-hydrogen) atoms. The summed E-state index contributed by atoms with van der Waals surface area (Å²) in [6.45, 7) is 1.32. The molecule has 0 saturated carbocycles. The fourth-order valence-electron chi connectivity index (χ4n) is 3.22. The molecular weight excluding hydrogens is 436 g/mol. The second-order valence-corrected chi connectivity index (χ2v) is 9.61. The first kappa shape index (κ1) is 21.0. The summed E-state index contributed by atoms with van der Waals surface area (Å²) in [5, 5.41) is 4.72. The molecular formula is C21H20N4O4S2. The van der Waals surface area contributed by atoms with Crippen molar-refractivity contribution in [2.75, 3.05) is 16.6 Å². The number of thiazole rings is 1. The number of hydrogen-bond donors (Lipinski definition) is 2. The number of amides is 2. The van der Waals surface area contributed by atoms with Crippen LogP contribution < -0.4 is 10.0 Å². The lowest BCUT2D eigenvalue weighted by Gasteiger charge is -2.15. The van der Waals surface area contributed by atoms with Gasteiger partial charge in [-0.1, -0.05) is 12.1 Å². The van der Waals surface area contributed by atoms with E-state index < -0.39 is 10.0 Å². The number of aromatic nitrogens is 1. The van der Waals surface area contributed by atoms with E-state index in [1.807, 2.05) is 17.0 Å². The molecule has 8 nitrogen and oxygen atoms in total. The van der Waals surface area contributed by atoms with Gasteiger partial charge < -0.3 is 10.2 Å². The van der Waals surface area contributed by atoms with Crippen LogP contribution in [0.15, 0.2) is 65.0 Å². The van der Waals surface area contributed by atoms with Crippen molar-refractivity contribution in [3.63, 3.8) is 0 Å². The van der Waals surface area contributed by atoms with E-state index in [1.54, 1.807) is 17.5 Å². The predicted molar refractivity (Wildman–Crippen MR) is 118 cm³/mol. The van der Waals surface area contributed by atoms with Crippen LogP contribution >= 0.6 is 11.3 Å². The molecule has 160 valence electrons. The van der Waals surface area contributed by atoms with E-state index in [4.69, 9.17) is 0 Å². The molecule has 2 heterocycles. The molecule has 1 aromatic heterocycles. The molecule has 1 saturated heterocycles. The molecule has 10 heteroatoms. The molecule has 0 unspecified atom stereocenters. The Balaban J connectivity index is 1.37. The Bertz CT molecular complexity index is 1180. The van der Waals surface area contributed by atoms with Gasteiger partial charge in [0.2, 0.25) is 5.91 Å². The first-order valence-corrected chi connectivity index (χ1v) is 12.0. The zero-order chi connectivity index (χ0) is 21.8. The number of nitrogens with zero attached hydrogens (tertiary/aromatic N) is 2. The summed E-state index contributed by atoms with van der Waals surface area (Å²) >= 11 is 1.19. The quantitative estimate of drug-likeness (QED) is 0.567. The number of nitrogens with one attached hydrogen (secondary N) is 2. The molecule has 0 radical (unpaired) electrons. The van der Waals surface area contributed by atoms with Crippen LogP contribution in [0.2, 0.25) is 0 Å². The van der Waals surface area contributed by atoms with Crippen molar-refractivity contribution in [3.8, 4) is 0 Å². The van der Waals surface area contributed by atoms with Crippen molar-refractivity contribution in [1.29, 1.82) is 0 Å². The van der Waals surface area contributed by atoms with Crippen molar-refractivity contribution < 1.29 is 18.0 Å². The van der Waals surface area contributed by atoms with Crippen molar-refractivity contribution in [2.45, 2.75) is 24.3 Å². The van der Waals surface area contributed by atoms with Gasteiger partial charge in [-0.25, -0.2) is 13.4 Å². The maximum Gasteiger partial charge on any atom is 0.263 e. The molecule has 4 rings (SSSR count). The fraction of sp³-hybridized carbons (Fsp3) is 0.190. The number of sulfonamides is 1. The minimum Gasteiger partial charge on any atom is -0.338 e. The second kappa shape index (κ2) is 8.86. The predicted octanol–water partition coefficient (Wildman–Crippen LogP) is 3.32. The van der Waals surface area contributed by atoms with Crippen molar-refractivity contribution in [3.05, 3.63) is 71.2 Å². The Morgan fingerprint density at radius 3 is 2.45 bits per heavy atom. The average Bonchev–Trinajstić information content (AvgIpc) is 3.40. The third-order valence-electron chi connectivity index (χ3n) is 4.84. The van der Waals surface area contributed by atoms with Gasteiger partial charge in [0.25, 0.3) is 15.9 Å². The summed E-state index contributed by atoms with van der Waals surface area (Å²) in [4.78, 5) is 30.0. The molecule has 1 fully saturated rings. The normalized spacial score (nSPS) is 13.9. The van der Waals surface area contributed by atoms with Gasteiger partial charge in [-0.05, 0) is 48.4 Å². The van der Waals surface area contributed by atoms with E-state index >= 15 is 0 Å². The number of rotatable bonds is 7. The van der Waals surface area contributed by atoms with Crippen LogP contribution in [0, 0.1) is 0 Å². The lowest BCUT2D eigenvalue weighted by molar-refractivity contribution is -0.128. The molecule has 2 amide bonds. The number of hydrogen-bond acceptors (Lipinski definition) is 6. The highest BCUT2D eigenvalue weighted by atomic mass is 32.2. The zero-order valence-electron chi connectivity index (χ0n) is 16.4. The van der Waals surface area contributed by atoms with E-state index in [1.165, 1.54) is 41.8 Å². The lowest BCUT2D eigenvalue weighted by atomic mass is 10.1. The average molecular weight is 457 g/mol. The number of benzene rings is 2. The van der Waals surface area contributed by atoms with Crippen LogP contribution in [-0.2, 0) is 21.4 Å². The summed E-state index contributed by atoms with van der Waals surface area (Å²) in [5.74, 6) is -0.144. The molecule has 2 aromatic carbocycles. The van der Waals surface area contributed by atoms with Crippen LogP contribution in [0.25, 0.3) is 0 Å². The molecule has 0 atom stereocenters. The van der Waals surface area contributed by atoms with Gasteiger partial charge in [0.15, 0.2) is 5.13 Å². The van der Waals surface area contributed by atoms with Gasteiger partial charge in [-0.2, -0.15) is 0 Å². The first-order chi connectivity index (χ1) is 14.9. The third-order valence-corrected chi connectivity index (χ3v) is 7.01. The summed E-state index contributed by atoms with van der Waals surface area (Å²) in [6.07, 6.45) is 3.00. The first-order valence-electron chi connectivity index (χ1n) is 9.61. The standard InChI is InChI=1S/C21H20N4O4S2/c26-19-2-1-12-25(19)14-15-3-5-16(6-4-15)20(27)23-17-7-9-18(10-8-17)31(28,29)24-21-22-11-13-30-21/h3-11,13H,1-2,12,14H2,(H,22,24)(H,23,27). The SMILES string of the molecule is O=C(Nc1ccc(S(=O)(=O)Nc2nccs2)cc1)c1ccc(CN2CCCC2=O)cc1. The molecule has 1 aliphatic heterocycles. The van der Waals surface area contributed by atoms with Crippen LogP contribution in [0.3, 0.4) is 0 Å². The minimum absolute atomic E-state index is 0.0708. The van der Waals surface area contributed by atoms with Crippen LogP contribution in [0.1, 0.15) is 28.8 Å². The van der Waals surface area contributed by atoms with E-state index in [2.05, 4.69) is 15.0 Å². The zero-order valence-corrected chi connectivity index (χ0v) is 18.1. The van der Waals surface area contributed by atoms with E-state index in [9.17, 15) is 18.0 Å². The highest BCUT2D eigenvalue weighted by Crippen LogP contribution is 2.20. The van der Waals surface area contributed by atoms with Gasteiger partial charge in [0, 0.05) is 42.3 Å². The van der Waals surface area contributed by atoms with Crippen LogP contribution in [0.5, 0.6) is 0 Å². The lowest BCUT2D eigenvalue weighted by Crippen LogP contribution is -2.23. The summed E-state index contributed by atoms with van der Waals surface area (Å²) in [5.41, 5.74) is 1.91. The number of anilines is 2. The topological polar surface area (TPSA) is 108 Å². The largest absolute Gasteiger partial charge is 0.338 e. The van der Waals surface area contributed by atoms with E-state index in [0.717, 1.165) is 18.5 Å². The van der Waals surface area contributed by atoms with Gasteiger partial charge in [0.05, 0.1) is 4.90 Å². The Labute approximate surface area is 184 Å². The summed E-state index contributed by atoms with van der Waals surface area (Å²) in [7, 11) is -3.74. The van der Waals surface area contributed by atoms with E-state index in [0.29, 0.717) is 24.2 Å². The Morgan fingerprint density at radius 2 is 1.84 bits per heavy atom. The van der Waals surface area contributed by atoms with Crippen LogP contribution in [-0.4, -0.2) is 36.7 Å². The van der Waals surface area contributed by atoms with Crippen molar-refractivity contribution in [1.82, 2.24) is 9.88 Å². The monoisotopic (exact) mass is 456 g/mol. The maximum atomic E-state index is 12.5. The summed E-state index contributed by atoms with van der Waals surface area (Å²) < 4.78 is 27.2. The van der Waals surface area contributed by atoms with Gasteiger partial charge in [-0.3, -0.25) is 14.3 Å². The number of likely N-dealkylation sites (tertiary alicyclic amines) is 1. The number of carbonyl (C=O) groups excluding carboxylic acids is 2. The molecule has 2 N–H and O–H groups in total. The molecule has 1 aliphatic rings. The smallest absolute Gasteiger partial charge is 0.263 e. The van der Waals surface area contributed by atoms with E-state index in [-0.39, 0.29) is 21.8 Å². The van der Waals surface area contributed by atoms with Gasteiger partial charge in [0.1, 0.15) is 0 Å². The van der Waals surface area contributed by atoms with Gasteiger partial charge >= 0.3 is 0 Å². The van der Waals surface area contributed by atoms with Crippen molar-refractivity contribution in [2.24, 2.45) is 0 Å². The Hall–Kier alpha value is -3.24. The number of carbonyl (C=O) groups is 2. The Kier molecular flexibility index (Phi) is 6.01. The summed E-state index contributed by atoms with van der Waals surface area (Å²) in [6, 6.07) is 13.0. The molecule has 0 bridgehead atoms. The van der Waals surface area contributed by atoms with Crippen LogP contribution in [0.4, 0.5) is 10.8 Å². The highest BCUT2D eigenvalue weighted by Gasteiger charge is 2.20. The third kappa shape index (κ3) is 5.09. The molecule has 0 spiro atoms. The second-order valence-electron chi connectivity index (χ2n) is 7.04. The molecule has 3 aromatic rings. The van der Waals surface area contributed by atoms with Crippen molar-refractivity contribution >= 4 is 44.0 Å². The molecule has 0 aliphatic carbocycles.